The molecule has 1 aromatic heterocycles. The number of halogens is 1. The van der Waals surface area contributed by atoms with Crippen molar-refractivity contribution < 1.29 is 4.68 Å². The van der Waals surface area contributed by atoms with E-state index in [0.717, 1.165) is 11.3 Å². The normalized spacial score (nSPS) is 10.1. The van der Waals surface area contributed by atoms with Crippen LogP contribution >= 0.6 is 11.6 Å². The van der Waals surface area contributed by atoms with Crippen LogP contribution in [0.3, 0.4) is 0 Å². The Labute approximate surface area is 70.5 Å². The SMILES string of the molecule is Cc1cc(Cl)c(C)[n+](N)c1N. The summed E-state index contributed by atoms with van der Waals surface area (Å²) in [4.78, 5) is 0. The number of hydrogen-bond donors (Lipinski definition) is 2. The van der Waals surface area contributed by atoms with Gasteiger partial charge in [-0.2, -0.15) is 0 Å². The van der Waals surface area contributed by atoms with Crippen molar-refractivity contribution in [1.29, 1.82) is 0 Å². The predicted molar refractivity (Wildman–Crippen MR) is 45.7 cm³/mol. The monoisotopic (exact) mass is 172 g/mol. The molecule has 1 heterocycles. The Morgan fingerprint density at radius 3 is 2.55 bits per heavy atom. The molecule has 0 aliphatic rings. The minimum absolute atomic E-state index is 0.548. The fourth-order valence-electron chi connectivity index (χ4n) is 0.854. The number of nitrogen functional groups attached to an aromatic ring is 2. The third-order valence-corrected chi connectivity index (χ3v) is 2.10. The molecule has 60 valence electrons. The van der Waals surface area contributed by atoms with E-state index < -0.39 is 0 Å². The maximum Gasteiger partial charge on any atom is 0.298 e. The predicted octanol–water partition coefficient (Wildman–Crippen LogP) is 0.540. The summed E-state index contributed by atoms with van der Waals surface area (Å²) >= 11 is 5.83. The highest BCUT2D eigenvalue weighted by Crippen LogP contribution is 2.15. The average Bonchev–Trinajstić information content (AvgIpc) is 1.97. The van der Waals surface area contributed by atoms with Crippen molar-refractivity contribution in [3.05, 3.63) is 22.3 Å². The lowest BCUT2D eigenvalue weighted by atomic mass is 10.2. The molecule has 0 bridgehead atoms. The maximum atomic E-state index is 5.83. The molecule has 0 aromatic carbocycles. The molecule has 0 aliphatic carbocycles. The van der Waals surface area contributed by atoms with Crippen molar-refractivity contribution in [2.24, 2.45) is 0 Å². The number of hydrogen-bond acceptors (Lipinski definition) is 2. The smallest absolute Gasteiger partial charge is 0.285 e. The Balaban J connectivity index is 3.46. The Kier molecular flexibility index (Phi) is 1.91. The molecule has 1 rings (SSSR count). The lowest BCUT2D eigenvalue weighted by Crippen LogP contribution is -2.50. The highest BCUT2D eigenvalue weighted by molar-refractivity contribution is 6.31. The van der Waals surface area contributed by atoms with Crippen molar-refractivity contribution in [2.45, 2.75) is 13.8 Å². The Morgan fingerprint density at radius 2 is 2.00 bits per heavy atom. The van der Waals surface area contributed by atoms with Gasteiger partial charge >= 0.3 is 0 Å². The number of aryl methyl sites for hydroxylation is 1. The van der Waals surface area contributed by atoms with Gasteiger partial charge in [-0.3, -0.25) is 11.6 Å². The van der Waals surface area contributed by atoms with Crippen molar-refractivity contribution >= 4 is 17.4 Å². The molecule has 4 N–H and O–H groups in total. The quantitative estimate of drug-likeness (QED) is 0.444. The number of nitrogens with two attached hydrogens (primary N) is 2. The van der Waals surface area contributed by atoms with E-state index in [0.29, 0.717) is 10.8 Å². The van der Waals surface area contributed by atoms with E-state index in [1.165, 1.54) is 4.68 Å². The number of aromatic nitrogens is 1. The first-order chi connectivity index (χ1) is 5.04. The fourth-order valence-corrected chi connectivity index (χ4v) is 1.11. The van der Waals surface area contributed by atoms with Gasteiger partial charge in [-0.1, -0.05) is 11.6 Å². The summed E-state index contributed by atoms with van der Waals surface area (Å²) < 4.78 is 1.39. The Hall–Kier alpha value is -0.960. The number of nitrogens with zero attached hydrogens (tertiary/aromatic N) is 1. The van der Waals surface area contributed by atoms with Gasteiger partial charge in [0.25, 0.3) is 5.82 Å². The van der Waals surface area contributed by atoms with Crippen LogP contribution in [0.1, 0.15) is 11.3 Å². The molecule has 1 aromatic rings. The van der Waals surface area contributed by atoms with Crippen LogP contribution in [0.2, 0.25) is 5.02 Å². The minimum atomic E-state index is 0.548. The molecule has 0 saturated carbocycles. The van der Waals surface area contributed by atoms with Crippen LogP contribution in [0, 0.1) is 13.8 Å². The van der Waals surface area contributed by atoms with Gasteiger partial charge in [0.15, 0.2) is 0 Å². The molecule has 11 heavy (non-hydrogen) atoms. The van der Waals surface area contributed by atoms with Crippen LogP contribution in [-0.4, -0.2) is 0 Å². The summed E-state index contributed by atoms with van der Waals surface area (Å²) in [6, 6.07) is 1.80. The minimum Gasteiger partial charge on any atom is -0.285 e. The Bertz CT molecular complexity index is 270. The zero-order chi connectivity index (χ0) is 8.59. The highest BCUT2D eigenvalue weighted by Gasteiger charge is 2.11. The van der Waals surface area contributed by atoms with Gasteiger partial charge in [0.05, 0.1) is 5.02 Å². The largest absolute Gasteiger partial charge is 0.298 e. The number of anilines is 1. The van der Waals surface area contributed by atoms with Crippen LogP contribution in [0.25, 0.3) is 0 Å². The molecule has 0 spiro atoms. The van der Waals surface area contributed by atoms with Gasteiger partial charge in [-0.05, 0) is 13.0 Å². The topological polar surface area (TPSA) is 55.9 Å². The van der Waals surface area contributed by atoms with Gasteiger partial charge in [-0.15, -0.1) is 4.68 Å². The molecule has 0 unspecified atom stereocenters. The van der Waals surface area contributed by atoms with Crippen LogP contribution in [0.4, 0.5) is 5.82 Å². The van der Waals surface area contributed by atoms with Crippen LogP contribution in [-0.2, 0) is 0 Å². The van der Waals surface area contributed by atoms with E-state index >= 15 is 0 Å². The molecule has 0 aliphatic heterocycles. The summed E-state index contributed by atoms with van der Waals surface area (Å²) in [7, 11) is 0. The van der Waals surface area contributed by atoms with Crippen LogP contribution < -0.4 is 16.3 Å². The van der Waals surface area contributed by atoms with Crippen molar-refractivity contribution in [2.75, 3.05) is 11.6 Å². The summed E-state index contributed by atoms with van der Waals surface area (Å²) in [6.07, 6.45) is 0. The lowest BCUT2D eigenvalue weighted by Gasteiger charge is -2.03. The summed E-state index contributed by atoms with van der Waals surface area (Å²) in [6.45, 7) is 3.68. The van der Waals surface area contributed by atoms with Gasteiger partial charge in [0.1, 0.15) is 5.69 Å². The highest BCUT2D eigenvalue weighted by atomic mass is 35.5. The van der Waals surface area contributed by atoms with Crippen LogP contribution in [0.15, 0.2) is 6.07 Å². The standard InChI is InChI=1S/C7H10ClN3/c1-4-3-6(8)5(2)11(10)7(4)9/h3,9H,10H2,1-2H3/p+1. The van der Waals surface area contributed by atoms with E-state index in [1.54, 1.807) is 6.07 Å². The first-order valence-corrected chi connectivity index (χ1v) is 3.64. The molecule has 0 fully saturated rings. The fraction of sp³-hybridized carbons (Fsp3) is 0.286. The van der Waals surface area contributed by atoms with Gasteiger partial charge < -0.3 is 0 Å². The van der Waals surface area contributed by atoms with Crippen LogP contribution in [0.5, 0.6) is 0 Å². The molecule has 0 radical (unpaired) electrons. The second kappa shape index (κ2) is 2.58. The van der Waals surface area contributed by atoms with E-state index in [1.807, 2.05) is 13.8 Å². The van der Waals surface area contributed by atoms with Crippen molar-refractivity contribution in [1.82, 2.24) is 0 Å². The molecular formula is C7H11ClN3+. The molecular weight excluding hydrogens is 162 g/mol. The molecule has 4 heteroatoms. The number of rotatable bonds is 0. The first kappa shape index (κ1) is 8.14. The maximum absolute atomic E-state index is 5.83. The molecule has 0 amide bonds. The molecule has 0 saturated heterocycles. The second-order valence-corrected chi connectivity index (χ2v) is 2.92. The molecule has 0 atom stereocenters. The van der Waals surface area contributed by atoms with E-state index in [9.17, 15) is 0 Å². The number of pyridine rings is 1. The second-order valence-electron chi connectivity index (χ2n) is 2.52. The molecule has 3 nitrogen and oxygen atoms in total. The summed E-state index contributed by atoms with van der Waals surface area (Å²) in [5, 5.41) is 0.638. The van der Waals surface area contributed by atoms with E-state index in [-0.39, 0.29) is 0 Å². The van der Waals surface area contributed by atoms with Gasteiger partial charge in [-0.25, -0.2) is 0 Å². The van der Waals surface area contributed by atoms with Gasteiger partial charge in [0.2, 0.25) is 0 Å². The van der Waals surface area contributed by atoms with Crippen molar-refractivity contribution in [3.8, 4) is 0 Å². The van der Waals surface area contributed by atoms with E-state index in [4.69, 9.17) is 23.2 Å². The lowest BCUT2D eigenvalue weighted by molar-refractivity contribution is -0.630. The van der Waals surface area contributed by atoms with Gasteiger partial charge in [0, 0.05) is 12.5 Å². The Morgan fingerprint density at radius 1 is 1.45 bits per heavy atom. The summed E-state index contributed by atoms with van der Waals surface area (Å²) in [5.74, 6) is 6.14. The first-order valence-electron chi connectivity index (χ1n) is 3.26. The average molecular weight is 173 g/mol. The zero-order valence-electron chi connectivity index (χ0n) is 6.56. The van der Waals surface area contributed by atoms with Crippen molar-refractivity contribution in [3.63, 3.8) is 0 Å². The zero-order valence-corrected chi connectivity index (χ0v) is 7.31. The third kappa shape index (κ3) is 1.24. The van der Waals surface area contributed by atoms with E-state index in [2.05, 4.69) is 0 Å². The third-order valence-electron chi connectivity index (χ3n) is 1.71. The summed E-state index contributed by atoms with van der Waals surface area (Å²) in [5.41, 5.74) is 7.30.